The molecule has 0 spiro atoms. The van der Waals surface area contributed by atoms with E-state index in [1.807, 2.05) is 13.0 Å². The molecule has 3 aromatic rings. The van der Waals surface area contributed by atoms with Gasteiger partial charge in [-0.05, 0) is 55.5 Å². The monoisotopic (exact) mass is 302 g/mol. The molecule has 3 rings (SSSR count). The first-order chi connectivity index (χ1) is 10.1. The predicted molar refractivity (Wildman–Crippen MR) is 79.2 cm³/mol. The Balaban J connectivity index is 1.99. The highest BCUT2D eigenvalue weighted by Crippen LogP contribution is 2.17. The number of halogens is 1. The Bertz CT molecular complexity index is 844. The molecule has 0 aliphatic heterocycles. The van der Waals surface area contributed by atoms with E-state index in [0.717, 1.165) is 5.76 Å². The summed E-state index contributed by atoms with van der Waals surface area (Å²) in [6.07, 6.45) is 1.55. The number of aromatic amines is 1. The summed E-state index contributed by atoms with van der Waals surface area (Å²) in [6, 6.07) is 9.59. The van der Waals surface area contributed by atoms with E-state index in [4.69, 9.17) is 16.6 Å². The summed E-state index contributed by atoms with van der Waals surface area (Å²) >= 11 is 5.15. The first-order valence-electron chi connectivity index (χ1n) is 6.17. The number of aryl methyl sites for hydroxylation is 1. The smallest absolute Gasteiger partial charge is 0.216 e. The van der Waals surface area contributed by atoms with Gasteiger partial charge in [0.25, 0.3) is 0 Å². The van der Waals surface area contributed by atoms with Crippen LogP contribution >= 0.6 is 12.2 Å². The number of nitrogens with zero attached hydrogens (tertiary/aromatic N) is 3. The third-order valence-corrected chi connectivity index (χ3v) is 3.08. The van der Waals surface area contributed by atoms with Crippen LogP contribution in [0.3, 0.4) is 0 Å². The SMILES string of the molecule is Cc1ccc(/C=N\n2c(-c3ccc(F)cc3)n[nH]c2=S)o1. The fourth-order valence-electron chi connectivity index (χ4n) is 1.82. The summed E-state index contributed by atoms with van der Waals surface area (Å²) in [4.78, 5) is 0. The van der Waals surface area contributed by atoms with Crippen LogP contribution in [0.1, 0.15) is 11.5 Å². The van der Waals surface area contributed by atoms with E-state index in [9.17, 15) is 4.39 Å². The molecule has 0 atom stereocenters. The molecule has 2 aromatic heterocycles. The minimum Gasteiger partial charge on any atom is -0.460 e. The number of hydrogen-bond acceptors (Lipinski definition) is 4. The van der Waals surface area contributed by atoms with Crippen LogP contribution in [-0.4, -0.2) is 21.1 Å². The molecule has 0 aliphatic carbocycles. The number of H-pyrrole nitrogens is 1. The fourth-order valence-corrected chi connectivity index (χ4v) is 2.00. The zero-order valence-electron chi connectivity index (χ0n) is 11.1. The molecule has 0 fully saturated rings. The molecule has 0 unspecified atom stereocenters. The Morgan fingerprint density at radius 2 is 2.05 bits per heavy atom. The van der Waals surface area contributed by atoms with Gasteiger partial charge in [0.2, 0.25) is 4.77 Å². The summed E-state index contributed by atoms with van der Waals surface area (Å²) < 4.78 is 20.2. The minimum absolute atomic E-state index is 0.311. The third-order valence-electron chi connectivity index (χ3n) is 2.81. The van der Waals surface area contributed by atoms with Crippen LogP contribution in [0.15, 0.2) is 45.9 Å². The van der Waals surface area contributed by atoms with E-state index < -0.39 is 0 Å². The highest BCUT2D eigenvalue weighted by Gasteiger charge is 2.08. The first kappa shape index (κ1) is 13.4. The van der Waals surface area contributed by atoms with Gasteiger partial charge in [0.15, 0.2) is 5.82 Å². The molecule has 0 saturated carbocycles. The molecular weight excluding hydrogens is 291 g/mol. The Kier molecular flexibility index (Phi) is 3.49. The van der Waals surface area contributed by atoms with Crippen molar-refractivity contribution in [2.45, 2.75) is 6.92 Å². The van der Waals surface area contributed by atoms with Crippen molar-refractivity contribution in [1.82, 2.24) is 14.9 Å². The van der Waals surface area contributed by atoms with E-state index in [1.54, 1.807) is 24.4 Å². The van der Waals surface area contributed by atoms with Crippen molar-refractivity contribution in [3.8, 4) is 11.4 Å². The van der Waals surface area contributed by atoms with E-state index in [0.29, 0.717) is 21.9 Å². The van der Waals surface area contributed by atoms with Crippen molar-refractivity contribution in [2.24, 2.45) is 5.10 Å². The average Bonchev–Trinajstić information content (AvgIpc) is 3.04. The highest BCUT2D eigenvalue weighted by atomic mass is 32.1. The van der Waals surface area contributed by atoms with E-state index in [1.165, 1.54) is 16.8 Å². The quantitative estimate of drug-likeness (QED) is 0.595. The first-order valence-corrected chi connectivity index (χ1v) is 6.58. The van der Waals surface area contributed by atoms with Crippen LogP contribution in [0, 0.1) is 17.5 Å². The fraction of sp³-hybridized carbons (Fsp3) is 0.0714. The van der Waals surface area contributed by atoms with Crippen molar-refractivity contribution < 1.29 is 8.81 Å². The van der Waals surface area contributed by atoms with Crippen LogP contribution in [0.25, 0.3) is 11.4 Å². The topological polar surface area (TPSA) is 59.1 Å². The lowest BCUT2D eigenvalue weighted by Gasteiger charge is -2.00. The summed E-state index contributed by atoms with van der Waals surface area (Å²) in [7, 11) is 0. The van der Waals surface area contributed by atoms with Gasteiger partial charge in [0, 0.05) is 5.56 Å². The Morgan fingerprint density at radius 3 is 2.71 bits per heavy atom. The van der Waals surface area contributed by atoms with Gasteiger partial charge in [-0.25, -0.2) is 9.49 Å². The molecule has 0 radical (unpaired) electrons. The highest BCUT2D eigenvalue weighted by molar-refractivity contribution is 7.71. The Hall–Kier alpha value is -2.54. The number of rotatable bonds is 3. The molecule has 21 heavy (non-hydrogen) atoms. The second-order valence-electron chi connectivity index (χ2n) is 4.36. The summed E-state index contributed by atoms with van der Waals surface area (Å²) in [5.41, 5.74) is 0.705. The largest absolute Gasteiger partial charge is 0.460 e. The van der Waals surface area contributed by atoms with Crippen LogP contribution in [0.5, 0.6) is 0 Å². The van der Waals surface area contributed by atoms with Gasteiger partial charge in [-0.3, -0.25) is 0 Å². The van der Waals surface area contributed by atoms with Crippen LogP contribution in [0.4, 0.5) is 4.39 Å². The van der Waals surface area contributed by atoms with Crippen LogP contribution in [0.2, 0.25) is 0 Å². The average molecular weight is 302 g/mol. The van der Waals surface area contributed by atoms with Crippen molar-refractivity contribution in [2.75, 3.05) is 0 Å². The molecule has 0 bridgehead atoms. The second kappa shape index (κ2) is 5.45. The molecular formula is C14H11FN4OS. The number of benzene rings is 1. The number of aromatic nitrogens is 3. The van der Waals surface area contributed by atoms with Gasteiger partial charge in [-0.1, -0.05) is 0 Å². The van der Waals surface area contributed by atoms with Gasteiger partial charge in [-0.2, -0.15) is 14.9 Å². The van der Waals surface area contributed by atoms with E-state index in [-0.39, 0.29) is 5.82 Å². The lowest BCUT2D eigenvalue weighted by molar-refractivity contribution is 0.527. The summed E-state index contributed by atoms with van der Waals surface area (Å²) in [5, 5.41) is 11.0. The van der Waals surface area contributed by atoms with E-state index in [2.05, 4.69) is 15.3 Å². The van der Waals surface area contributed by atoms with Crippen molar-refractivity contribution >= 4 is 18.4 Å². The van der Waals surface area contributed by atoms with Gasteiger partial charge in [-0.15, -0.1) is 0 Å². The van der Waals surface area contributed by atoms with Gasteiger partial charge < -0.3 is 4.42 Å². The summed E-state index contributed by atoms with van der Waals surface area (Å²) in [6.45, 7) is 1.85. The standard InChI is InChI=1S/C14H11FN4OS/c1-9-2-7-12(20-9)8-16-19-13(17-18-14(19)21)10-3-5-11(15)6-4-10/h2-8H,1H3,(H,18,21)/b16-8-. The maximum Gasteiger partial charge on any atom is 0.216 e. The molecule has 0 saturated heterocycles. The van der Waals surface area contributed by atoms with Crippen LogP contribution < -0.4 is 0 Å². The third kappa shape index (κ3) is 2.82. The van der Waals surface area contributed by atoms with Crippen molar-refractivity contribution in [1.29, 1.82) is 0 Å². The molecule has 0 amide bonds. The zero-order chi connectivity index (χ0) is 14.8. The van der Waals surface area contributed by atoms with Crippen molar-refractivity contribution in [3.05, 3.63) is 58.5 Å². The zero-order valence-corrected chi connectivity index (χ0v) is 11.9. The molecule has 2 heterocycles. The van der Waals surface area contributed by atoms with Gasteiger partial charge in [0.1, 0.15) is 17.3 Å². The molecule has 5 nitrogen and oxygen atoms in total. The van der Waals surface area contributed by atoms with E-state index >= 15 is 0 Å². The Labute approximate surface area is 124 Å². The Morgan fingerprint density at radius 1 is 1.29 bits per heavy atom. The normalized spacial score (nSPS) is 11.3. The maximum absolute atomic E-state index is 13.0. The lowest BCUT2D eigenvalue weighted by Crippen LogP contribution is -1.94. The summed E-state index contributed by atoms with van der Waals surface area (Å²) in [5.74, 6) is 1.60. The number of hydrogen-bond donors (Lipinski definition) is 1. The van der Waals surface area contributed by atoms with Gasteiger partial charge >= 0.3 is 0 Å². The number of nitrogens with one attached hydrogen (secondary N) is 1. The molecule has 7 heteroatoms. The van der Waals surface area contributed by atoms with Gasteiger partial charge in [0.05, 0.1) is 6.21 Å². The van der Waals surface area contributed by atoms with Crippen LogP contribution in [-0.2, 0) is 0 Å². The minimum atomic E-state index is -0.311. The molecule has 1 aromatic carbocycles. The molecule has 106 valence electrons. The molecule has 0 aliphatic rings. The second-order valence-corrected chi connectivity index (χ2v) is 4.75. The predicted octanol–water partition coefficient (Wildman–Crippen LogP) is 3.53. The lowest BCUT2D eigenvalue weighted by atomic mass is 10.2. The molecule has 1 N–H and O–H groups in total. The van der Waals surface area contributed by atoms with Crippen molar-refractivity contribution in [3.63, 3.8) is 0 Å². The number of furan rings is 1. The maximum atomic E-state index is 13.0.